The molecule has 2 rings (SSSR count). The minimum Gasteiger partial charge on any atom is -0.299 e. The highest BCUT2D eigenvalue weighted by Crippen LogP contribution is 2.29. The van der Waals surface area contributed by atoms with Crippen LogP contribution in [0.1, 0.15) is 24.3 Å². The Kier molecular flexibility index (Phi) is 2.46. The van der Waals surface area contributed by atoms with Gasteiger partial charge in [-0.15, -0.1) is 0 Å². The molecule has 0 bridgehead atoms. The van der Waals surface area contributed by atoms with Crippen LogP contribution in [0.15, 0.2) is 36.7 Å². The largest absolute Gasteiger partial charge is 0.299 e. The van der Waals surface area contributed by atoms with Crippen LogP contribution in [0.5, 0.6) is 0 Å². The summed E-state index contributed by atoms with van der Waals surface area (Å²) < 4.78 is 0. The predicted molar refractivity (Wildman–Crippen MR) is 55.4 cm³/mol. The highest BCUT2D eigenvalue weighted by molar-refractivity contribution is 6.09. The van der Waals surface area contributed by atoms with E-state index in [0.717, 1.165) is 5.56 Å². The zero-order chi connectivity index (χ0) is 10.8. The van der Waals surface area contributed by atoms with Crippen LogP contribution in [0.2, 0.25) is 0 Å². The van der Waals surface area contributed by atoms with Crippen LogP contribution in [-0.4, -0.2) is 16.6 Å². The zero-order valence-corrected chi connectivity index (χ0v) is 8.27. The van der Waals surface area contributed by atoms with Gasteiger partial charge >= 0.3 is 0 Å². The van der Waals surface area contributed by atoms with Gasteiger partial charge in [0.25, 0.3) is 0 Å². The number of carbonyl (C=O) groups excluding carboxylic acids is 2. The van der Waals surface area contributed by atoms with E-state index >= 15 is 0 Å². The predicted octanol–water partition coefficient (Wildman–Crippen LogP) is 1.65. The minimum absolute atomic E-state index is 0.0131. The Morgan fingerprint density at radius 1 is 1.27 bits per heavy atom. The lowest BCUT2D eigenvalue weighted by Crippen LogP contribution is -2.25. The first-order valence-corrected chi connectivity index (χ1v) is 4.82. The number of aromatic nitrogens is 1. The minimum atomic E-state index is -0.346. The van der Waals surface area contributed by atoms with Gasteiger partial charge in [-0.1, -0.05) is 6.58 Å². The number of nitrogens with zero attached hydrogens (tertiary/aromatic N) is 1. The standard InChI is InChI=1S/C12H11NO2/c1-8-6-10(14)7-11(12(8)15)9-2-4-13-5-3-9/h2-5,11H,1,6-7H2. The van der Waals surface area contributed by atoms with Gasteiger partial charge in [0.05, 0.1) is 5.92 Å². The summed E-state index contributed by atoms with van der Waals surface area (Å²) >= 11 is 0. The van der Waals surface area contributed by atoms with E-state index in [9.17, 15) is 9.59 Å². The summed E-state index contributed by atoms with van der Waals surface area (Å²) in [6.45, 7) is 3.64. The lowest BCUT2D eigenvalue weighted by molar-refractivity contribution is -0.126. The van der Waals surface area contributed by atoms with Gasteiger partial charge in [0.2, 0.25) is 0 Å². The first kappa shape index (κ1) is 9.77. The van der Waals surface area contributed by atoms with Gasteiger partial charge in [0.1, 0.15) is 5.78 Å². The van der Waals surface area contributed by atoms with Crippen molar-refractivity contribution < 1.29 is 9.59 Å². The monoisotopic (exact) mass is 201 g/mol. The maximum absolute atomic E-state index is 11.8. The Morgan fingerprint density at radius 2 is 1.93 bits per heavy atom. The topological polar surface area (TPSA) is 47.0 Å². The second kappa shape index (κ2) is 3.77. The third-order valence-corrected chi connectivity index (χ3v) is 2.62. The van der Waals surface area contributed by atoms with Crippen molar-refractivity contribution >= 4 is 11.6 Å². The van der Waals surface area contributed by atoms with E-state index in [2.05, 4.69) is 11.6 Å². The van der Waals surface area contributed by atoms with Gasteiger partial charge < -0.3 is 0 Å². The van der Waals surface area contributed by atoms with Crippen LogP contribution in [-0.2, 0) is 9.59 Å². The number of carbonyl (C=O) groups is 2. The summed E-state index contributed by atoms with van der Waals surface area (Å²) in [5.41, 5.74) is 1.28. The third-order valence-electron chi connectivity index (χ3n) is 2.62. The summed E-state index contributed by atoms with van der Waals surface area (Å²) in [5.74, 6) is -0.274. The molecule has 3 heteroatoms. The van der Waals surface area contributed by atoms with Crippen molar-refractivity contribution in [2.75, 3.05) is 0 Å². The summed E-state index contributed by atoms with van der Waals surface area (Å²) in [6, 6.07) is 3.54. The Hall–Kier alpha value is -1.77. The fraction of sp³-hybridized carbons (Fsp3) is 0.250. The second-order valence-electron chi connectivity index (χ2n) is 3.72. The first-order valence-electron chi connectivity index (χ1n) is 4.82. The average Bonchev–Trinajstić information content (AvgIpc) is 2.24. The van der Waals surface area contributed by atoms with Gasteiger partial charge in [-0.05, 0) is 23.3 Å². The van der Waals surface area contributed by atoms with Crippen molar-refractivity contribution in [3.05, 3.63) is 42.2 Å². The molecule has 0 aliphatic heterocycles. The van der Waals surface area contributed by atoms with Crippen molar-refractivity contribution in [2.24, 2.45) is 0 Å². The first-order chi connectivity index (χ1) is 7.18. The van der Waals surface area contributed by atoms with E-state index < -0.39 is 0 Å². The molecule has 15 heavy (non-hydrogen) atoms. The highest BCUT2D eigenvalue weighted by atomic mass is 16.1. The molecule has 1 saturated carbocycles. The number of rotatable bonds is 1. The molecule has 0 amide bonds. The van der Waals surface area contributed by atoms with Crippen molar-refractivity contribution in [1.29, 1.82) is 0 Å². The van der Waals surface area contributed by atoms with Gasteiger partial charge in [0, 0.05) is 25.2 Å². The molecule has 1 fully saturated rings. The van der Waals surface area contributed by atoms with Crippen molar-refractivity contribution in [3.8, 4) is 0 Å². The summed E-state index contributed by atoms with van der Waals surface area (Å²) in [5, 5.41) is 0. The van der Waals surface area contributed by atoms with E-state index in [1.54, 1.807) is 24.5 Å². The van der Waals surface area contributed by atoms with Gasteiger partial charge in [-0.2, -0.15) is 0 Å². The maximum Gasteiger partial charge on any atom is 0.166 e. The summed E-state index contributed by atoms with van der Waals surface area (Å²) in [6.07, 6.45) is 3.76. The summed E-state index contributed by atoms with van der Waals surface area (Å²) in [7, 11) is 0. The smallest absolute Gasteiger partial charge is 0.166 e. The lowest BCUT2D eigenvalue weighted by atomic mass is 9.80. The molecule has 76 valence electrons. The van der Waals surface area contributed by atoms with Crippen LogP contribution in [0.3, 0.4) is 0 Å². The number of ketones is 2. The molecule has 1 aromatic heterocycles. The molecule has 1 unspecified atom stereocenters. The summed E-state index contributed by atoms with van der Waals surface area (Å²) in [4.78, 5) is 27.1. The highest BCUT2D eigenvalue weighted by Gasteiger charge is 2.30. The normalized spacial score (nSPS) is 21.9. The van der Waals surface area contributed by atoms with E-state index in [4.69, 9.17) is 0 Å². The number of hydrogen-bond acceptors (Lipinski definition) is 3. The quantitative estimate of drug-likeness (QED) is 0.649. The Morgan fingerprint density at radius 3 is 2.60 bits per heavy atom. The van der Waals surface area contributed by atoms with Crippen molar-refractivity contribution in [2.45, 2.75) is 18.8 Å². The molecular formula is C12H11NO2. The molecule has 1 atom stereocenters. The van der Waals surface area contributed by atoms with Crippen LogP contribution in [0.4, 0.5) is 0 Å². The molecule has 0 N–H and O–H groups in total. The third kappa shape index (κ3) is 1.86. The van der Waals surface area contributed by atoms with E-state index in [1.807, 2.05) is 0 Å². The SMILES string of the molecule is C=C1CC(=O)CC(c2ccncc2)C1=O. The average molecular weight is 201 g/mol. The molecule has 0 radical (unpaired) electrons. The molecule has 1 aliphatic carbocycles. The molecule has 0 spiro atoms. The van der Waals surface area contributed by atoms with Crippen LogP contribution < -0.4 is 0 Å². The molecular weight excluding hydrogens is 190 g/mol. The van der Waals surface area contributed by atoms with Crippen LogP contribution in [0.25, 0.3) is 0 Å². The molecule has 3 nitrogen and oxygen atoms in total. The van der Waals surface area contributed by atoms with Crippen molar-refractivity contribution in [1.82, 2.24) is 4.98 Å². The zero-order valence-electron chi connectivity index (χ0n) is 8.27. The number of Topliss-reactive ketones (excluding diaryl/α,β-unsaturated/α-hetero) is 2. The Balaban J connectivity index is 2.32. The van der Waals surface area contributed by atoms with E-state index in [1.165, 1.54) is 0 Å². The molecule has 1 aliphatic rings. The number of hydrogen-bond donors (Lipinski definition) is 0. The number of pyridine rings is 1. The Bertz CT molecular complexity index is 423. The van der Waals surface area contributed by atoms with Crippen LogP contribution in [0, 0.1) is 0 Å². The van der Waals surface area contributed by atoms with Crippen LogP contribution >= 0.6 is 0 Å². The van der Waals surface area contributed by atoms with Gasteiger partial charge in [-0.25, -0.2) is 0 Å². The van der Waals surface area contributed by atoms with Gasteiger partial charge in [-0.3, -0.25) is 14.6 Å². The Labute approximate surface area is 87.8 Å². The fourth-order valence-electron chi connectivity index (χ4n) is 1.83. The second-order valence-corrected chi connectivity index (χ2v) is 3.72. The van der Waals surface area contributed by atoms with Crippen molar-refractivity contribution in [3.63, 3.8) is 0 Å². The molecule has 1 heterocycles. The molecule has 1 aromatic rings. The molecule has 0 saturated heterocycles. The molecule has 0 aromatic carbocycles. The number of allylic oxidation sites excluding steroid dienone is 1. The maximum atomic E-state index is 11.8. The van der Waals surface area contributed by atoms with E-state index in [0.29, 0.717) is 12.0 Å². The van der Waals surface area contributed by atoms with E-state index in [-0.39, 0.29) is 23.9 Å². The van der Waals surface area contributed by atoms with Gasteiger partial charge in [0.15, 0.2) is 5.78 Å². The lowest BCUT2D eigenvalue weighted by Gasteiger charge is -2.21. The fourth-order valence-corrected chi connectivity index (χ4v) is 1.83.